The predicted octanol–water partition coefficient (Wildman–Crippen LogP) is 2.47. The first-order chi connectivity index (χ1) is 10.7. The van der Waals surface area contributed by atoms with E-state index in [9.17, 15) is 0 Å². The van der Waals surface area contributed by atoms with Crippen LogP contribution in [0.3, 0.4) is 0 Å². The van der Waals surface area contributed by atoms with Crippen LogP contribution < -0.4 is 4.90 Å². The third-order valence-corrected chi connectivity index (χ3v) is 5.25. The third-order valence-electron chi connectivity index (χ3n) is 5.25. The van der Waals surface area contributed by atoms with Crippen molar-refractivity contribution in [2.24, 2.45) is 0 Å². The largest absolute Gasteiger partial charge is 0.355 e. The maximum atomic E-state index is 4.51. The summed E-state index contributed by atoms with van der Waals surface area (Å²) in [5.41, 5.74) is 0. The minimum absolute atomic E-state index is 0.699. The third kappa shape index (κ3) is 3.79. The summed E-state index contributed by atoms with van der Waals surface area (Å²) in [4.78, 5) is 12.3. The second kappa shape index (κ2) is 7.42. The quantitative estimate of drug-likeness (QED) is 0.855. The van der Waals surface area contributed by atoms with Crippen molar-refractivity contribution in [1.82, 2.24) is 14.8 Å². The highest BCUT2D eigenvalue weighted by Crippen LogP contribution is 2.21. The number of hydrogen-bond donors (Lipinski definition) is 0. The Hall–Kier alpha value is -1.13. The molecule has 1 aromatic rings. The molecular formula is C18H30N4. The fraction of sp³-hybridized carbons (Fsp3) is 0.722. The molecule has 22 heavy (non-hydrogen) atoms. The molecule has 2 fully saturated rings. The van der Waals surface area contributed by atoms with E-state index in [1.165, 1.54) is 45.4 Å². The van der Waals surface area contributed by atoms with Crippen molar-refractivity contribution in [2.75, 3.05) is 44.2 Å². The number of piperidine rings is 1. The number of hydrogen-bond acceptors (Lipinski definition) is 4. The summed E-state index contributed by atoms with van der Waals surface area (Å²) in [5.74, 6) is 1.14. The van der Waals surface area contributed by atoms with E-state index in [0.717, 1.165) is 24.9 Å². The zero-order chi connectivity index (χ0) is 15.4. The maximum absolute atomic E-state index is 4.51. The summed E-state index contributed by atoms with van der Waals surface area (Å²) in [6.45, 7) is 11.8. The predicted molar refractivity (Wildman–Crippen MR) is 92.4 cm³/mol. The van der Waals surface area contributed by atoms with Gasteiger partial charge in [0.05, 0.1) is 0 Å². The average molecular weight is 302 g/mol. The van der Waals surface area contributed by atoms with Crippen LogP contribution in [-0.2, 0) is 0 Å². The van der Waals surface area contributed by atoms with Crippen molar-refractivity contribution in [1.29, 1.82) is 0 Å². The first-order valence-corrected chi connectivity index (χ1v) is 8.88. The Kier molecular flexibility index (Phi) is 5.32. The molecular weight excluding hydrogens is 272 g/mol. The van der Waals surface area contributed by atoms with Crippen molar-refractivity contribution in [2.45, 2.75) is 45.2 Å². The highest BCUT2D eigenvalue weighted by atomic mass is 15.3. The van der Waals surface area contributed by atoms with Crippen LogP contribution in [0.2, 0.25) is 0 Å². The molecule has 0 saturated carbocycles. The van der Waals surface area contributed by atoms with Gasteiger partial charge in [0.25, 0.3) is 0 Å². The maximum Gasteiger partial charge on any atom is 0.128 e. The number of aromatic nitrogens is 1. The Morgan fingerprint density at radius 1 is 1.00 bits per heavy atom. The Bertz CT molecular complexity index is 440. The summed E-state index contributed by atoms with van der Waals surface area (Å²) in [6, 6.07) is 7.71. The molecule has 0 bridgehead atoms. The average Bonchev–Trinajstić information content (AvgIpc) is 2.82. The van der Waals surface area contributed by atoms with Gasteiger partial charge in [-0.3, -0.25) is 4.90 Å². The van der Waals surface area contributed by atoms with Gasteiger partial charge in [-0.2, -0.15) is 0 Å². The molecule has 2 saturated heterocycles. The molecule has 0 unspecified atom stereocenters. The summed E-state index contributed by atoms with van der Waals surface area (Å²) >= 11 is 0. The second-order valence-electron chi connectivity index (χ2n) is 6.93. The van der Waals surface area contributed by atoms with Gasteiger partial charge in [-0.1, -0.05) is 6.07 Å². The fourth-order valence-corrected chi connectivity index (χ4v) is 3.84. The van der Waals surface area contributed by atoms with E-state index in [4.69, 9.17) is 0 Å². The van der Waals surface area contributed by atoms with E-state index in [-0.39, 0.29) is 0 Å². The molecule has 0 amide bonds. The van der Waals surface area contributed by atoms with Crippen LogP contribution in [0, 0.1) is 0 Å². The number of likely N-dealkylation sites (tertiary alicyclic amines) is 1. The number of pyridine rings is 1. The van der Waals surface area contributed by atoms with Gasteiger partial charge in [0.15, 0.2) is 0 Å². The number of nitrogens with zero attached hydrogens (tertiary/aromatic N) is 4. The molecule has 3 rings (SSSR count). The molecule has 0 N–H and O–H groups in total. The smallest absolute Gasteiger partial charge is 0.128 e. The molecule has 4 heteroatoms. The van der Waals surface area contributed by atoms with Crippen molar-refractivity contribution >= 4 is 5.82 Å². The van der Waals surface area contributed by atoms with Crippen LogP contribution in [0.5, 0.6) is 0 Å². The Labute approximate surface area is 135 Å². The minimum atomic E-state index is 0.699. The normalized spacial score (nSPS) is 23.0. The van der Waals surface area contributed by atoms with Gasteiger partial charge in [0, 0.05) is 44.5 Å². The molecule has 2 aliphatic rings. The Morgan fingerprint density at radius 2 is 1.82 bits per heavy atom. The van der Waals surface area contributed by atoms with Crippen molar-refractivity contribution in [3.8, 4) is 0 Å². The van der Waals surface area contributed by atoms with E-state index >= 15 is 0 Å². The molecule has 0 atom stereocenters. The molecule has 0 radical (unpaired) electrons. The Balaban J connectivity index is 1.53. The lowest BCUT2D eigenvalue weighted by Crippen LogP contribution is -2.47. The number of rotatable bonds is 3. The summed E-state index contributed by atoms with van der Waals surface area (Å²) in [7, 11) is 0. The van der Waals surface area contributed by atoms with Gasteiger partial charge in [-0.05, 0) is 58.3 Å². The standard InChI is InChI=1S/C18H30N4/c1-16(2)20-12-7-17(8-13-20)21-10-5-11-22(15-14-21)18-6-3-4-9-19-18/h3-4,6,9,16-17H,5,7-8,10-15H2,1-2H3. The van der Waals surface area contributed by atoms with Crippen molar-refractivity contribution in [3.05, 3.63) is 24.4 Å². The van der Waals surface area contributed by atoms with Crippen LogP contribution in [0.1, 0.15) is 33.1 Å². The Morgan fingerprint density at radius 3 is 2.50 bits per heavy atom. The molecule has 0 spiro atoms. The van der Waals surface area contributed by atoms with Crippen molar-refractivity contribution in [3.63, 3.8) is 0 Å². The van der Waals surface area contributed by atoms with E-state index in [2.05, 4.69) is 45.7 Å². The van der Waals surface area contributed by atoms with Crippen molar-refractivity contribution < 1.29 is 0 Å². The molecule has 4 nitrogen and oxygen atoms in total. The van der Waals surface area contributed by atoms with E-state index < -0.39 is 0 Å². The van der Waals surface area contributed by atoms with Crippen LogP contribution in [0.25, 0.3) is 0 Å². The van der Waals surface area contributed by atoms with Gasteiger partial charge < -0.3 is 9.80 Å². The van der Waals surface area contributed by atoms with Crippen LogP contribution in [0.4, 0.5) is 5.82 Å². The highest BCUT2D eigenvalue weighted by Gasteiger charge is 2.27. The monoisotopic (exact) mass is 302 g/mol. The highest BCUT2D eigenvalue weighted by molar-refractivity contribution is 5.37. The number of anilines is 1. The molecule has 0 aromatic carbocycles. The fourth-order valence-electron chi connectivity index (χ4n) is 3.84. The summed E-state index contributed by atoms with van der Waals surface area (Å²) in [5, 5.41) is 0. The lowest BCUT2D eigenvalue weighted by atomic mass is 10.0. The zero-order valence-corrected chi connectivity index (χ0v) is 14.1. The van der Waals surface area contributed by atoms with E-state index in [1.807, 2.05) is 12.3 Å². The van der Waals surface area contributed by atoms with Crippen LogP contribution >= 0.6 is 0 Å². The van der Waals surface area contributed by atoms with Gasteiger partial charge >= 0.3 is 0 Å². The second-order valence-corrected chi connectivity index (χ2v) is 6.93. The summed E-state index contributed by atoms with van der Waals surface area (Å²) < 4.78 is 0. The molecule has 122 valence electrons. The van der Waals surface area contributed by atoms with Crippen LogP contribution in [-0.4, -0.2) is 66.1 Å². The first kappa shape index (κ1) is 15.8. The SMILES string of the molecule is CC(C)N1CCC(N2CCCN(c3ccccn3)CC2)CC1. The summed E-state index contributed by atoms with van der Waals surface area (Å²) in [6.07, 6.45) is 5.82. The first-order valence-electron chi connectivity index (χ1n) is 8.88. The lowest BCUT2D eigenvalue weighted by molar-refractivity contribution is 0.0965. The zero-order valence-electron chi connectivity index (χ0n) is 14.1. The van der Waals surface area contributed by atoms with Gasteiger partial charge in [-0.15, -0.1) is 0 Å². The van der Waals surface area contributed by atoms with Gasteiger partial charge in [-0.25, -0.2) is 4.98 Å². The lowest BCUT2D eigenvalue weighted by Gasteiger charge is -2.39. The molecule has 3 heterocycles. The van der Waals surface area contributed by atoms with Gasteiger partial charge in [0.2, 0.25) is 0 Å². The van der Waals surface area contributed by atoms with E-state index in [0.29, 0.717) is 6.04 Å². The topological polar surface area (TPSA) is 22.6 Å². The van der Waals surface area contributed by atoms with E-state index in [1.54, 1.807) is 0 Å². The van der Waals surface area contributed by atoms with Crippen LogP contribution in [0.15, 0.2) is 24.4 Å². The molecule has 0 aliphatic carbocycles. The van der Waals surface area contributed by atoms with Gasteiger partial charge in [0.1, 0.15) is 5.82 Å². The molecule has 1 aromatic heterocycles. The minimum Gasteiger partial charge on any atom is -0.355 e. The molecule has 2 aliphatic heterocycles.